The number of hydrogen-bond acceptors (Lipinski definition) is 5. The quantitative estimate of drug-likeness (QED) is 0.288. The normalized spacial score (nSPS) is 13.1. The Morgan fingerprint density at radius 1 is 1.00 bits per heavy atom. The Hall–Kier alpha value is -3.38. The summed E-state index contributed by atoms with van der Waals surface area (Å²) < 4.78 is 11.1. The topological polar surface area (TPSA) is 64.6 Å². The van der Waals surface area contributed by atoms with Crippen molar-refractivity contribution in [3.8, 4) is 11.5 Å². The van der Waals surface area contributed by atoms with E-state index in [1.165, 1.54) is 11.3 Å². The van der Waals surface area contributed by atoms with Gasteiger partial charge in [0.15, 0.2) is 17.3 Å². The van der Waals surface area contributed by atoms with Crippen LogP contribution in [-0.4, -0.2) is 24.9 Å². The average Bonchev–Trinajstić information content (AvgIpc) is 3.16. The van der Waals surface area contributed by atoms with E-state index in [1.54, 1.807) is 48.5 Å². The fourth-order valence-corrected chi connectivity index (χ4v) is 3.82. The number of Topliss-reactive ketones (excluding diaryl/α,β-unsaturated/α-hetero) is 1. The minimum atomic E-state index is -0.469. The largest absolute Gasteiger partial charge is 0.486 e. The van der Waals surface area contributed by atoms with Gasteiger partial charge in [0.25, 0.3) is 5.91 Å². The Labute approximate surface area is 172 Å². The lowest BCUT2D eigenvalue weighted by atomic mass is 10.0. The third-order valence-electron chi connectivity index (χ3n) is 4.50. The molecule has 0 saturated heterocycles. The van der Waals surface area contributed by atoms with Crippen LogP contribution in [0.5, 0.6) is 11.5 Å². The lowest BCUT2D eigenvalue weighted by Crippen LogP contribution is -2.21. The maximum Gasteiger partial charge on any atom is 0.259 e. The molecule has 0 bridgehead atoms. The number of fused-ring (bicyclic) bond motifs is 1. The Balaban J connectivity index is 1.65. The van der Waals surface area contributed by atoms with E-state index in [4.69, 9.17) is 9.47 Å². The molecule has 3 aromatic rings. The molecule has 1 aromatic heterocycles. The highest BCUT2D eigenvalue weighted by Crippen LogP contribution is 2.33. The van der Waals surface area contributed by atoms with Crippen molar-refractivity contribution in [2.24, 2.45) is 0 Å². The molecule has 146 valence electrons. The van der Waals surface area contributed by atoms with Crippen LogP contribution >= 0.6 is 11.3 Å². The zero-order chi connectivity index (χ0) is 20.2. The molecule has 1 N–H and O–H groups in total. The summed E-state index contributed by atoms with van der Waals surface area (Å²) in [6.45, 7) is 2.91. The highest BCUT2D eigenvalue weighted by molar-refractivity contribution is 7.11. The van der Waals surface area contributed by atoms with Crippen LogP contribution in [0.25, 0.3) is 6.08 Å². The van der Waals surface area contributed by atoms with Crippen molar-refractivity contribution in [3.05, 3.63) is 81.6 Å². The number of carbonyl (C=O) groups is 2. The average molecular weight is 405 g/mol. The molecule has 29 heavy (non-hydrogen) atoms. The Bertz CT molecular complexity index is 1090. The van der Waals surface area contributed by atoms with Crippen molar-refractivity contribution in [3.63, 3.8) is 0 Å². The molecule has 0 spiro atoms. The second kappa shape index (κ2) is 8.32. The molecule has 4 rings (SSSR count). The number of aryl methyl sites for hydroxylation is 1. The number of benzene rings is 2. The molecular weight excluding hydrogens is 386 g/mol. The zero-order valence-electron chi connectivity index (χ0n) is 15.8. The van der Waals surface area contributed by atoms with E-state index in [2.05, 4.69) is 5.32 Å². The van der Waals surface area contributed by atoms with E-state index in [0.29, 0.717) is 36.0 Å². The smallest absolute Gasteiger partial charge is 0.259 e. The zero-order valence-corrected chi connectivity index (χ0v) is 16.6. The molecule has 0 aliphatic carbocycles. The molecular formula is C23H19NO4S. The monoisotopic (exact) mass is 405 g/mol. The fourth-order valence-electron chi connectivity index (χ4n) is 2.96. The number of hydrogen-bond donors (Lipinski definition) is 1. The Kier molecular flexibility index (Phi) is 5.44. The maximum atomic E-state index is 13.1. The first-order chi connectivity index (χ1) is 14.1. The summed E-state index contributed by atoms with van der Waals surface area (Å²) in [5, 5.41) is 4.75. The first kappa shape index (κ1) is 19.0. The van der Waals surface area contributed by atoms with E-state index >= 15 is 0 Å². The number of amides is 1. The maximum absolute atomic E-state index is 13.1. The summed E-state index contributed by atoms with van der Waals surface area (Å²) in [6, 6.07) is 15.9. The molecule has 0 fully saturated rings. The summed E-state index contributed by atoms with van der Waals surface area (Å²) in [7, 11) is 0. The van der Waals surface area contributed by atoms with Gasteiger partial charge in [-0.25, -0.2) is 0 Å². The van der Waals surface area contributed by atoms with Crippen molar-refractivity contribution in [1.82, 2.24) is 0 Å². The Morgan fingerprint density at radius 2 is 1.76 bits per heavy atom. The van der Waals surface area contributed by atoms with Gasteiger partial charge in [-0.15, -0.1) is 11.3 Å². The molecule has 0 saturated carbocycles. The number of carbonyl (C=O) groups excluding carboxylic acids is 2. The molecule has 2 aromatic carbocycles. The van der Waals surface area contributed by atoms with Gasteiger partial charge in [0, 0.05) is 22.2 Å². The summed E-state index contributed by atoms with van der Waals surface area (Å²) in [4.78, 5) is 27.0. The van der Waals surface area contributed by atoms with Crippen molar-refractivity contribution in [2.75, 3.05) is 18.5 Å². The first-order valence-corrected chi connectivity index (χ1v) is 10.1. The van der Waals surface area contributed by atoms with E-state index in [1.807, 2.05) is 24.4 Å². The first-order valence-electron chi connectivity index (χ1n) is 9.18. The van der Waals surface area contributed by atoms with Crippen molar-refractivity contribution < 1.29 is 19.1 Å². The van der Waals surface area contributed by atoms with Gasteiger partial charge in [-0.1, -0.05) is 30.3 Å². The molecule has 5 nitrogen and oxygen atoms in total. The van der Waals surface area contributed by atoms with Crippen LogP contribution in [0, 0.1) is 6.92 Å². The second-order valence-corrected chi connectivity index (χ2v) is 7.48. The molecule has 2 heterocycles. The minimum absolute atomic E-state index is 0.0802. The molecule has 1 aliphatic rings. The van der Waals surface area contributed by atoms with Gasteiger partial charge in [0.1, 0.15) is 13.2 Å². The number of ketones is 1. The fraction of sp³-hybridized carbons (Fsp3) is 0.130. The minimum Gasteiger partial charge on any atom is -0.486 e. The second-order valence-electron chi connectivity index (χ2n) is 6.53. The van der Waals surface area contributed by atoms with Crippen LogP contribution in [0.1, 0.15) is 20.8 Å². The van der Waals surface area contributed by atoms with Gasteiger partial charge >= 0.3 is 0 Å². The van der Waals surface area contributed by atoms with Crippen LogP contribution in [0.2, 0.25) is 0 Å². The van der Waals surface area contributed by atoms with Crippen molar-refractivity contribution >= 4 is 34.8 Å². The van der Waals surface area contributed by atoms with Crippen LogP contribution in [0.3, 0.4) is 0 Å². The number of rotatable bonds is 5. The van der Waals surface area contributed by atoms with Crippen LogP contribution < -0.4 is 14.8 Å². The summed E-state index contributed by atoms with van der Waals surface area (Å²) in [6.07, 6.45) is 1.66. The van der Waals surface area contributed by atoms with E-state index in [-0.39, 0.29) is 11.4 Å². The predicted octanol–water partition coefficient (Wildman–Crippen LogP) is 4.73. The molecule has 0 radical (unpaired) electrons. The molecule has 1 aliphatic heterocycles. The predicted molar refractivity (Wildman–Crippen MR) is 114 cm³/mol. The van der Waals surface area contributed by atoms with Gasteiger partial charge in [0.2, 0.25) is 0 Å². The van der Waals surface area contributed by atoms with E-state index in [9.17, 15) is 9.59 Å². The number of ether oxygens (including phenoxy) is 2. The number of nitrogens with one attached hydrogen (secondary N) is 1. The SMILES string of the molecule is Cc1ccsc1/C=C(/C(=O)Nc1ccc2c(c1)OCCO2)C(=O)c1ccccc1. The number of thiophene rings is 1. The van der Waals surface area contributed by atoms with Gasteiger partial charge in [-0.3, -0.25) is 9.59 Å². The highest BCUT2D eigenvalue weighted by Gasteiger charge is 2.21. The highest BCUT2D eigenvalue weighted by atomic mass is 32.1. The van der Waals surface area contributed by atoms with Crippen LogP contribution in [-0.2, 0) is 4.79 Å². The van der Waals surface area contributed by atoms with Gasteiger partial charge in [-0.2, -0.15) is 0 Å². The Morgan fingerprint density at radius 3 is 2.48 bits per heavy atom. The third-order valence-corrected chi connectivity index (χ3v) is 5.47. The van der Waals surface area contributed by atoms with E-state index < -0.39 is 5.91 Å². The number of anilines is 1. The lowest BCUT2D eigenvalue weighted by molar-refractivity contribution is -0.112. The molecule has 0 unspecified atom stereocenters. The van der Waals surface area contributed by atoms with Crippen molar-refractivity contribution in [1.29, 1.82) is 0 Å². The van der Waals surface area contributed by atoms with Crippen molar-refractivity contribution in [2.45, 2.75) is 6.92 Å². The molecule has 1 amide bonds. The van der Waals surface area contributed by atoms with Gasteiger partial charge in [-0.05, 0) is 42.1 Å². The van der Waals surface area contributed by atoms with E-state index in [0.717, 1.165) is 10.4 Å². The summed E-state index contributed by atoms with van der Waals surface area (Å²) in [5.41, 5.74) is 2.09. The standard InChI is InChI=1S/C23H19NO4S/c1-15-9-12-29-21(15)14-18(22(25)16-5-3-2-4-6-16)23(26)24-17-7-8-19-20(13-17)28-11-10-27-19/h2-9,12-14H,10-11H2,1H3,(H,24,26)/b18-14+. The summed E-state index contributed by atoms with van der Waals surface area (Å²) >= 11 is 1.49. The van der Waals surface area contributed by atoms with Gasteiger partial charge in [0.05, 0.1) is 5.57 Å². The molecule has 6 heteroatoms. The molecule has 0 atom stereocenters. The van der Waals surface area contributed by atoms with Gasteiger partial charge < -0.3 is 14.8 Å². The lowest BCUT2D eigenvalue weighted by Gasteiger charge is -2.19. The van der Waals surface area contributed by atoms with Crippen LogP contribution in [0.15, 0.2) is 65.6 Å². The van der Waals surface area contributed by atoms with Crippen LogP contribution in [0.4, 0.5) is 5.69 Å². The summed E-state index contributed by atoms with van der Waals surface area (Å²) in [5.74, 6) is 0.416. The third kappa shape index (κ3) is 4.22.